The molecule has 6 atom stereocenters. The highest BCUT2D eigenvalue weighted by atomic mass is 16.6. The van der Waals surface area contributed by atoms with Crippen molar-refractivity contribution in [3.05, 3.63) is 48.6 Å². The van der Waals surface area contributed by atoms with Crippen LogP contribution < -0.4 is 9.64 Å². The van der Waals surface area contributed by atoms with Crippen molar-refractivity contribution >= 4 is 23.5 Å². The van der Waals surface area contributed by atoms with E-state index in [0.29, 0.717) is 11.4 Å². The lowest BCUT2D eigenvalue weighted by Gasteiger charge is -2.39. The maximum absolute atomic E-state index is 14.2. The van der Waals surface area contributed by atoms with Crippen LogP contribution in [-0.2, 0) is 23.9 Å². The summed E-state index contributed by atoms with van der Waals surface area (Å²) in [5.74, 6) is -2.50. The largest absolute Gasteiger partial charge is 0.497 e. The van der Waals surface area contributed by atoms with E-state index in [9.17, 15) is 19.5 Å². The Morgan fingerprint density at radius 2 is 1.89 bits per heavy atom. The summed E-state index contributed by atoms with van der Waals surface area (Å²) in [7, 11) is 1.57. The van der Waals surface area contributed by atoms with Crippen LogP contribution in [0.4, 0.5) is 5.69 Å². The maximum atomic E-state index is 14.2. The summed E-state index contributed by atoms with van der Waals surface area (Å²) in [5.41, 5.74) is -0.710. The van der Waals surface area contributed by atoms with Crippen LogP contribution in [0.2, 0.25) is 0 Å². The molecule has 1 unspecified atom stereocenters. The van der Waals surface area contributed by atoms with Crippen molar-refractivity contribution in [2.45, 2.75) is 37.6 Å². The third kappa shape index (κ3) is 3.48. The van der Waals surface area contributed by atoms with E-state index >= 15 is 0 Å². The van der Waals surface area contributed by atoms with Crippen molar-refractivity contribution in [2.24, 2.45) is 17.8 Å². The molecule has 0 radical (unpaired) electrons. The van der Waals surface area contributed by atoms with E-state index in [0.717, 1.165) is 0 Å². The number of aliphatic hydroxyl groups excluding tert-OH is 1. The van der Waals surface area contributed by atoms with Gasteiger partial charge in [-0.2, -0.15) is 0 Å². The normalized spacial score (nSPS) is 32.7. The van der Waals surface area contributed by atoms with Crippen LogP contribution in [0.15, 0.2) is 48.6 Å². The van der Waals surface area contributed by atoms with Crippen LogP contribution in [0.1, 0.15) is 13.8 Å². The first-order chi connectivity index (χ1) is 16.8. The van der Waals surface area contributed by atoms with Gasteiger partial charge in [0, 0.05) is 12.2 Å². The maximum Gasteiger partial charge on any atom is 0.313 e. The number of carbonyl (C=O) groups is 3. The first kappa shape index (κ1) is 23.6. The van der Waals surface area contributed by atoms with Gasteiger partial charge in [0.05, 0.1) is 31.8 Å². The molecular weight excluding hydrogens is 452 g/mol. The number of aliphatic hydroxyl groups is 1. The lowest BCUT2D eigenvalue weighted by atomic mass is 9.78. The minimum atomic E-state index is -1.35. The lowest BCUT2D eigenvalue weighted by molar-refractivity contribution is -0.154. The summed E-state index contributed by atoms with van der Waals surface area (Å²) in [6.45, 7) is 3.84. The summed E-state index contributed by atoms with van der Waals surface area (Å²) in [5, 5.41) is 10.3. The summed E-state index contributed by atoms with van der Waals surface area (Å²) >= 11 is 0. The van der Waals surface area contributed by atoms with Gasteiger partial charge in [-0.05, 0) is 36.3 Å². The molecule has 9 nitrogen and oxygen atoms in total. The number of nitrogens with zero attached hydrogens (tertiary/aromatic N) is 2. The highest BCUT2D eigenvalue weighted by Gasteiger charge is 2.72. The zero-order valence-corrected chi connectivity index (χ0v) is 20.0. The van der Waals surface area contributed by atoms with Gasteiger partial charge in [-0.15, -0.1) is 0 Å². The highest BCUT2D eigenvalue weighted by molar-refractivity contribution is 6.05. The molecule has 4 aliphatic heterocycles. The third-order valence-electron chi connectivity index (χ3n) is 7.55. The standard InChI is InChI=1S/C26H30N2O7/c1-15(2)18(14-29)28-22-24(31)27(16-7-9-17(33-3)10-8-16)12-5-11-26(22)21(23(28)30)20-19(35-26)6-4-13-34-25(20)32/h4-11,15,18-22,29H,12-14H2,1-3H3/t18-,19+,20-,21-,22?,26-/m0/s1. The predicted octanol–water partition coefficient (Wildman–Crippen LogP) is 1.31. The van der Waals surface area contributed by atoms with Crippen molar-refractivity contribution in [3.8, 4) is 5.75 Å². The number of rotatable bonds is 5. The average molecular weight is 483 g/mol. The molecule has 2 saturated heterocycles. The van der Waals surface area contributed by atoms with Crippen LogP contribution >= 0.6 is 0 Å². The summed E-state index contributed by atoms with van der Waals surface area (Å²) in [6.07, 6.45) is 6.35. The van der Waals surface area contributed by atoms with E-state index in [1.807, 2.05) is 19.9 Å². The molecule has 0 aliphatic carbocycles. The van der Waals surface area contributed by atoms with E-state index < -0.39 is 41.6 Å². The Hall–Kier alpha value is -3.17. The van der Waals surface area contributed by atoms with Crippen LogP contribution in [0, 0.1) is 17.8 Å². The van der Waals surface area contributed by atoms with Gasteiger partial charge in [-0.1, -0.05) is 32.1 Å². The number of hydrogen-bond acceptors (Lipinski definition) is 7. The minimum absolute atomic E-state index is 0.113. The van der Waals surface area contributed by atoms with E-state index in [-0.39, 0.29) is 37.5 Å². The molecule has 9 heteroatoms. The third-order valence-corrected chi connectivity index (χ3v) is 7.55. The molecule has 186 valence electrons. The topological polar surface area (TPSA) is 106 Å². The minimum Gasteiger partial charge on any atom is -0.497 e. The average Bonchev–Trinajstić information content (AvgIpc) is 3.14. The first-order valence-corrected chi connectivity index (χ1v) is 11.9. The number of cyclic esters (lactones) is 1. The number of anilines is 1. The molecule has 4 heterocycles. The van der Waals surface area contributed by atoms with Gasteiger partial charge in [-0.3, -0.25) is 14.4 Å². The van der Waals surface area contributed by atoms with Gasteiger partial charge < -0.3 is 29.1 Å². The van der Waals surface area contributed by atoms with Crippen LogP contribution in [0.3, 0.4) is 0 Å². The van der Waals surface area contributed by atoms with Crippen molar-refractivity contribution in [3.63, 3.8) is 0 Å². The summed E-state index contributed by atoms with van der Waals surface area (Å²) < 4.78 is 17.1. The quantitative estimate of drug-likeness (QED) is 0.498. The van der Waals surface area contributed by atoms with Crippen molar-refractivity contribution in [1.29, 1.82) is 0 Å². The van der Waals surface area contributed by atoms with Gasteiger partial charge in [0.15, 0.2) is 0 Å². The molecule has 1 aromatic rings. The number of fused-ring (bicyclic) bond motifs is 2. The molecule has 1 aromatic carbocycles. The lowest BCUT2D eigenvalue weighted by Crippen LogP contribution is -2.59. The fourth-order valence-electron chi connectivity index (χ4n) is 5.88. The summed E-state index contributed by atoms with van der Waals surface area (Å²) in [6, 6.07) is 5.43. The molecular formula is C26H30N2O7. The molecule has 2 fully saturated rings. The first-order valence-electron chi connectivity index (χ1n) is 11.9. The van der Waals surface area contributed by atoms with Gasteiger partial charge in [0.1, 0.15) is 29.9 Å². The Balaban J connectivity index is 1.64. The molecule has 1 N–H and O–H groups in total. The molecule has 0 aromatic heterocycles. The predicted molar refractivity (Wildman–Crippen MR) is 126 cm³/mol. The van der Waals surface area contributed by atoms with Crippen molar-refractivity contribution < 1.29 is 33.7 Å². The second-order valence-corrected chi connectivity index (χ2v) is 9.69. The van der Waals surface area contributed by atoms with Crippen LogP contribution in [0.25, 0.3) is 0 Å². The Morgan fingerprint density at radius 3 is 2.54 bits per heavy atom. The Labute approximate surface area is 203 Å². The van der Waals surface area contributed by atoms with E-state index in [2.05, 4.69) is 0 Å². The summed E-state index contributed by atoms with van der Waals surface area (Å²) in [4.78, 5) is 44.3. The molecule has 2 amide bonds. The van der Waals surface area contributed by atoms with Gasteiger partial charge in [0.2, 0.25) is 5.91 Å². The second-order valence-electron chi connectivity index (χ2n) is 9.69. The van der Waals surface area contributed by atoms with Crippen LogP contribution in [0.5, 0.6) is 5.75 Å². The fraction of sp³-hybridized carbons (Fsp3) is 0.500. The zero-order chi connectivity index (χ0) is 24.9. The number of benzene rings is 1. The molecule has 0 bridgehead atoms. The molecule has 5 rings (SSSR count). The van der Waals surface area contributed by atoms with E-state index in [4.69, 9.17) is 14.2 Å². The highest BCUT2D eigenvalue weighted by Crippen LogP contribution is 2.54. The molecule has 0 saturated carbocycles. The number of likely N-dealkylation sites (tertiary alicyclic amines) is 1. The van der Waals surface area contributed by atoms with Gasteiger partial charge >= 0.3 is 5.97 Å². The smallest absolute Gasteiger partial charge is 0.313 e. The fourth-order valence-corrected chi connectivity index (χ4v) is 5.88. The number of methoxy groups -OCH3 is 1. The second kappa shape index (κ2) is 8.80. The molecule has 1 spiro atoms. The van der Waals surface area contributed by atoms with Crippen LogP contribution in [-0.4, -0.2) is 78.4 Å². The molecule has 35 heavy (non-hydrogen) atoms. The Kier molecular flexibility index (Phi) is 5.93. The number of carbonyl (C=O) groups excluding carboxylic acids is 3. The zero-order valence-electron chi connectivity index (χ0n) is 20.0. The SMILES string of the molecule is COc1ccc(N2CC=C[C@]34O[C@@H]5C=CCOC(=O)[C@@H]5[C@H]3C(=O)N([C@@H](CO)C(C)C)C4C2=O)cc1. The van der Waals surface area contributed by atoms with Crippen molar-refractivity contribution in [1.82, 2.24) is 4.90 Å². The molecule has 4 aliphatic rings. The monoisotopic (exact) mass is 482 g/mol. The van der Waals surface area contributed by atoms with Gasteiger partial charge in [-0.25, -0.2) is 0 Å². The van der Waals surface area contributed by atoms with Gasteiger partial charge in [0.25, 0.3) is 5.91 Å². The number of hydrogen-bond donors (Lipinski definition) is 1. The number of esters is 1. The van der Waals surface area contributed by atoms with E-state index in [1.165, 1.54) is 4.90 Å². The van der Waals surface area contributed by atoms with Crippen molar-refractivity contribution in [2.75, 3.05) is 31.8 Å². The van der Waals surface area contributed by atoms with E-state index in [1.54, 1.807) is 54.5 Å². The number of ether oxygens (including phenoxy) is 3. The number of amides is 2. The Morgan fingerprint density at radius 1 is 1.14 bits per heavy atom. The Bertz CT molecular complexity index is 1080.